The van der Waals surface area contributed by atoms with Crippen molar-refractivity contribution >= 4 is 5.91 Å². The molecule has 0 unspecified atom stereocenters. The average Bonchev–Trinajstić information content (AvgIpc) is 3.22. The van der Waals surface area contributed by atoms with E-state index in [1.807, 2.05) is 51.0 Å². The highest BCUT2D eigenvalue weighted by molar-refractivity contribution is 5.92. The van der Waals surface area contributed by atoms with Gasteiger partial charge in [0.05, 0.1) is 12.3 Å². The van der Waals surface area contributed by atoms with Crippen molar-refractivity contribution in [3.63, 3.8) is 0 Å². The molecule has 3 aromatic rings. The smallest absolute Gasteiger partial charge is 0.272 e. The number of para-hydroxylation sites is 1. The van der Waals surface area contributed by atoms with Gasteiger partial charge in [0, 0.05) is 32.2 Å². The van der Waals surface area contributed by atoms with Gasteiger partial charge in [-0.2, -0.15) is 5.10 Å². The zero-order chi connectivity index (χ0) is 24.8. The van der Waals surface area contributed by atoms with Gasteiger partial charge in [-0.25, -0.2) is 0 Å². The summed E-state index contributed by atoms with van der Waals surface area (Å²) < 4.78 is 7.54. The SMILES string of the molecule is CCOc1ccccc1CN1CCC([C@@H](Cc2ccccc2)N(C)C(=O)c2cc(C)nn2C)CC1. The van der Waals surface area contributed by atoms with E-state index in [0.717, 1.165) is 50.3 Å². The van der Waals surface area contributed by atoms with E-state index in [4.69, 9.17) is 4.74 Å². The van der Waals surface area contributed by atoms with Gasteiger partial charge in [-0.15, -0.1) is 0 Å². The fourth-order valence-corrected chi connectivity index (χ4v) is 5.28. The molecule has 0 spiro atoms. The second kappa shape index (κ2) is 11.5. The Kier molecular flexibility index (Phi) is 8.24. The Morgan fingerprint density at radius 1 is 1.11 bits per heavy atom. The highest BCUT2D eigenvalue weighted by Gasteiger charge is 2.33. The van der Waals surface area contributed by atoms with Gasteiger partial charge in [0.1, 0.15) is 11.4 Å². The molecule has 35 heavy (non-hydrogen) atoms. The van der Waals surface area contributed by atoms with Crippen LogP contribution in [0.1, 0.15) is 47.1 Å². The zero-order valence-electron chi connectivity index (χ0n) is 21.5. The number of piperidine rings is 1. The number of carbonyl (C=O) groups excluding carboxylic acids is 1. The molecule has 1 atom stereocenters. The number of rotatable bonds is 9. The van der Waals surface area contributed by atoms with Gasteiger partial charge >= 0.3 is 0 Å². The molecule has 1 fully saturated rings. The molecule has 2 heterocycles. The quantitative estimate of drug-likeness (QED) is 0.450. The maximum absolute atomic E-state index is 13.5. The Hall–Kier alpha value is -3.12. The van der Waals surface area contributed by atoms with Crippen molar-refractivity contribution in [1.29, 1.82) is 0 Å². The molecule has 186 valence electrons. The van der Waals surface area contributed by atoms with Crippen molar-refractivity contribution in [2.45, 2.75) is 45.7 Å². The lowest BCUT2D eigenvalue weighted by Crippen LogP contribution is -2.47. The monoisotopic (exact) mass is 474 g/mol. The summed E-state index contributed by atoms with van der Waals surface area (Å²) in [7, 11) is 3.81. The van der Waals surface area contributed by atoms with Crippen LogP contribution in [0, 0.1) is 12.8 Å². The molecule has 4 rings (SSSR count). The number of aryl methyl sites for hydroxylation is 2. The number of aromatic nitrogens is 2. The van der Waals surface area contributed by atoms with E-state index in [1.165, 1.54) is 11.1 Å². The van der Waals surface area contributed by atoms with Gasteiger partial charge in [-0.05, 0) is 69.8 Å². The topological polar surface area (TPSA) is 50.6 Å². The standard InChI is InChI=1S/C29H38N4O2/c1-5-35-28-14-10-9-13-25(28)21-33-17-15-24(16-18-33)26(20-23-11-7-6-8-12-23)31(3)29(34)27-19-22(2)30-32(27)4/h6-14,19,24,26H,5,15-18,20-21H2,1-4H3/t26-/m1/s1. The summed E-state index contributed by atoms with van der Waals surface area (Å²) in [6.07, 6.45) is 2.99. The van der Waals surface area contributed by atoms with E-state index >= 15 is 0 Å². The largest absolute Gasteiger partial charge is 0.494 e. The highest BCUT2D eigenvalue weighted by Crippen LogP contribution is 2.29. The summed E-state index contributed by atoms with van der Waals surface area (Å²) in [4.78, 5) is 18.0. The lowest BCUT2D eigenvalue weighted by molar-refractivity contribution is 0.0574. The van der Waals surface area contributed by atoms with Crippen LogP contribution in [0.4, 0.5) is 0 Å². The molecule has 1 aliphatic rings. The molecular formula is C29H38N4O2. The summed E-state index contributed by atoms with van der Waals surface area (Å²) >= 11 is 0. The summed E-state index contributed by atoms with van der Waals surface area (Å²) in [6.45, 7) is 7.57. The molecule has 6 nitrogen and oxygen atoms in total. The third kappa shape index (κ3) is 6.12. The molecule has 0 saturated carbocycles. The third-order valence-corrected chi connectivity index (χ3v) is 7.17. The Balaban J connectivity index is 1.47. The van der Waals surface area contributed by atoms with E-state index in [1.54, 1.807) is 4.68 Å². The van der Waals surface area contributed by atoms with Gasteiger partial charge in [-0.3, -0.25) is 14.4 Å². The van der Waals surface area contributed by atoms with Crippen LogP contribution in [0.5, 0.6) is 5.75 Å². The third-order valence-electron chi connectivity index (χ3n) is 7.17. The minimum Gasteiger partial charge on any atom is -0.494 e. The predicted molar refractivity (Wildman–Crippen MR) is 140 cm³/mol. The van der Waals surface area contributed by atoms with Crippen LogP contribution >= 0.6 is 0 Å². The fraction of sp³-hybridized carbons (Fsp3) is 0.448. The Labute approximate surface area is 209 Å². The van der Waals surface area contributed by atoms with Crippen LogP contribution in [-0.4, -0.2) is 58.3 Å². The lowest BCUT2D eigenvalue weighted by Gasteiger charge is -2.40. The normalized spacial score (nSPS) is 15.7. The van der Waals surface area contributed by atoms with Crippen LogP contribution in [0.3, 0.4) is 0 Å². The number of likely N-dealkylation sites (tertiary alicyclic amines) is 1. The summed E-state index contributed by atoms with van der Waals surface area (Å²) in [5, 5.41) is 4.39. The molecule has 1 aliphatic heterocycles. The number of likely N-dealkylation sites (N-methyl/N-ethyl adjacent to an activating group) is 1. The number of nitrogens with zero attached hydrogens (tertiary/aromatic N) is 4. The van der Waals surface area contributed by atoms with Gasteiger partial charge in [0.15, 0.2) is 0 Å². The first kappa shape index (κ1) is 25.0. The first-order chi connectivity index (χ1) is 17.0. The van der Waals surface area contributed by atoms with Crippen LogP contribution < -0.4 is 4.74 Å². The molecule has 6 heteroatoms. The van der Waals surface area contributed by atoms with Crippen molar-refractivity contribution in [1.82, 2.24) is 19.6 Å². The minimum atomic E-state index is 0.0436. The molecular weight excluding hydrogens is 436 g/mol. The molecule has 0 radical (unpaired) electrons. The minimum absolute atomic E-state index is 0.0436. The molecule has 2 aromatic carbocycles. The fourth-order valence-electron chi connectivity index (χ4n) is 5.28. The van der Waals surface area contributed by atoms with Gasteiger partial charge in [0.2, 0.25) is 0 Å². The van der Waals surface area contributed by atoms with E-state index in [2.05, 4.69) is 52.5 Å². The number of hydrogen-bond donors (Lipinski definition) is 0. The van der Waals surface area contributed by atoms with Crippen molar-refractivity contribution in [2.75, 3.05) is 26.7 Å². The van der Waals surface area contributed by atoms with Gasteiger partial charge < -0.3 is 9.64 Å². The predicted octanol–water partition coefficient (Wildman–Crippen LogP) is 4.72. The van der Waals surface area contributed by atoms with Crippen molar-refractivity contribution in [3.05, 3.63) is 83.2 Å². The summed E-state index contributed by atoms with van der Waals surface area (Å²) in [6, 6.07) is 20.9. The first-order valence-corrected chi connectivity index (χ1v) is 12.7. The van der Waals surface area contributed by atoms with E-state index in [-0.39, 0.29) is 11.9 Å². The maximum Gasteiger partial charge on any atom is 0.272 e. The molecule has 0 N–H and O–H groups in total. The van der Waals surface area contributed by atoms with Crippen LogP contribution in [0.25, 0.3) is 0 Å². The molecule has 0 bridgehead atoms. The number of ether oxygens (including phenoxy) is 1. The Bertz CT molecular complexity index is 1100. The van der Waals surface area contributed by atoms with Crippen LogP contribution in [-0.2, 0) is 20.0 Å². The highest BCUT2D eigenvalue weighted by atomic mass is 16.5. The average molecular weight is 475 g/mol. The van der Waals surface area contributed by atoms with Crippen molar-refractivity contribution in [3.8, 4) is 5.75 Å². The molecule has 1 aromatic heterocycles. The molecule has 1 saturated heterocycles. The number of carbonyl (C=O) groups is 1. The van der Waals surface area contributed by atoms with E-state index < -0.39 is 0 Å². The van der Waals surface area contributed by atoms with Gasteiger partial charge in [0.25, 0.3) is 5.91 Å². The number of benzene rings is 2. The molecule has 1 amide bonds. The van der Waals surface area contributed by atoms with Crippen LogP contribution in [0.2, 0.25) is 0 Å². The van der Waals surface area contributed by atoms with Gasteiger partial charge in [-0.1, -0.05) is 48.5 Å². The number of hydrogen-bond acceptors (Lipinski definition) is 4. The zero-order valence-corrected chi connectivity index (χ0v) is 21.5. The summed E-state index contributed by atoms with van der Waals surface area (Å²) in [5.74, 6) is 1.47. The summed E-state index contributed by atoms with van der Waals surface area (Å²) in [5.41, 5.74) is 4.02. The Morgan fingerprint density at radius 3 is 2.46 bits per heavy atom. The number of amides is 1. The molecule has 0 aliphatic carbocycles. The lowest BCUT2D eigenvalue weighted by atomic mass is 9.84. The van der Waals surface area contributed by atoms with E-state index in [9.17, 15) is 4.79 Å². The van der Waals surface area contributed by atoms with Crippen molar-refractivity contribution in [2.24, 2.45) is 13.0 Å². The maximum atomic E-state index is 13.5. The van der Waals surface area contributed by atoms with Crippen LogP contribution in [0.15, 0.2) is 60.7 Å². The first-order valence-electron chi connectivity index (χ1n) is 12.7. The Morgan fingerprint density at radius 2 is 1.80 bits per heavy atom. The second-order valence-corrected chi connectivity index (χ2v) is 9.62. The van der Waals surface area contributed by atoms with E-state index in [0.29, 0.717) is 18.2 Å². The van der Waals surface area contributed by atoms with Crippen molar-refractivity contribution < 1.29 is 9.53 Å². The second-order valence-electron chi connectivity index (χ2n) is 9.62.